The third-order valence-electron chi connectivity index (χ3n) is 6.82. The summed E-state index contributed by atoms with van der Waals surface area (Å²) < 4.78 is 0. The van der Waals surface area contributed by atoms with Gasteiger partial charge < -0.3 is 20.0 Å². The molecule has 0 spiro atoms. The summed E-state index contributed by atoms with van der Waals surface area (Å²) in [6.07, 6.45) is 19.0. The summed E-state index contributed by atoms with van der Waals surface area (Å²) in [4.78, 5) is 28.0. The van der Waals surface area contributed by atoms with Gasteiger partial charge >= 0.3 is 0 Å². The van der Waals surface area contributed by atoms with E-state index in [1.807, 2.05) is 24.3 Å². The zero-order valence-corrected chi connectivity index (χ0v) is 23.1. The highest BCUT2D eigenvalue weighted by Gasteiger charge is 2.17. The Labute approximate surface area is 220 Å². The number of anilines is 2. The lowest BCUT2D eigenvalue weighted by molar-refractivity contribution is -0.122. The molecule has 36 heavy (non-hydrogen) atoms. The number of aliphatic hydroxyl groups is 2. The van der Waals surface area contributed by atoms with E-state index in [-0.39, 0.29) is 11.8 Å². The molecule has 6 heteroatoms. The van der Waals surface area contributed by atoms with E-state index in [1.54, 1.807) is 9.80 Å². The van der Waals surface area contributed by atoms with E-state index in [1.165, 1.54) is 77.0 Å². The molecule has 0 saturated heterocycles. The minimum absolute atomic E-state index is 0.312. The number of amides is 2. The third-order valence-corrected chi connectivity index (χ3v) is 6.82. The molecule has 0 unspecified atom stereocenters. The molecule has 2 amide bonds. The van der Waals surface area contributed by atoms with Gasteiger partial charge in [-0.15, -0.1) is 0 Å². The predicted molar refractivity (Wildman–Crippen MR) is 151 cm³/mol. The van der Waals surface area contributed by atoms with Gasteiger partial charge in [-0.1, -0.05) is 104 Å². The number of aliphatic hydroxyl groups excluding tert-OH is 2. The van der Waals surface area contributed by atoms with Crippen LogP contribution in [-0.4, -0.2) is 48.3 Å². The van der Waals surface area contributed by atoms with E-state index in [0.717, 1.165) is 37.1 Å². The molecule has 0 bridgehead atoms. The maximum absolute atomic E-state index is 12.4. The van der Waals surface area contributed by atoms with Crippen LogP contribution in [0.25, 0.3) is 0 Å². The Balaban J connectivity index is 2.61. The molecule has 0 heterocycles. The average molecular weight is 505 g/mol. The molecule has 0 aliphatic heterocycles. The maximum Gasteiger partial charge on any atom is 0.252 e. The van der Waals surface area contributed by atoms with Crippen molar-refractivity contribution >= 4 is 23.2 Å². The molecule has 1 aromatic carbocycles. The van der Waals surface area contributed by atoms with Crippen LogP contribution in [-0.2, 0) is 9.59 Å². The second kappa shape index (κ2) is 21.2. The van der Waals surface area contributed by atoms with Crippen LogP contribution in [0.2, 0.25) is 0 Å². The molecule has 206 valence electrons. The summed E-state index contributed by atoms with van der Waals surface area (Å²) in [6, 6.07) is 7.33. The fraction of sp³-hybridized carbons (Fsp3) is 0.733. The lowest BCUT2D eigenvalue weighted by atomic mass is 10.1. The van der Waals surface area contributed by atoms with Crippen LogP contribution in [0.1, 0.15) is 117 Å². The van der Waals surface area contributed by atoms with Crippen molar-refractivity contribution in [3.05, 3.63) is 24.3 Å². The van der Waals surface area contributed by atoms with Gasteiger partial charge in [-0.3, -0.25) is 9.59 Å². The summed E-state index contributed by atoms with van der Waals surface area (Å²) in [5.41, 5.74) is 1.45. The summed E-state index contributed by atoms with van der Waals surface area (Å²) >= 11 is 0. The molecule has 0 atom stereocenters. The zero-order chi connectivity index (χ0) is 26.4. The number of nitrogens with zero attached hydrogens (tertiary/aromatic N) is 2. The molecule has 1 rings (SSSR count). The first kappa shape index (κ1) is 32.1. The number of rotatable bonds is 22. The number of unbranched alkanes of at least 4 members (excludes halogenated alkanes) is 14. The lowest BCUT2D eigenvalue weighted by Gasteiger charge is -2.25. The van der Waals surface area contributed by atoms with Crippen LogP contribution < -0.4 is 9.80 Å². The van der Waals surface area contributed by atoms with E-state index in [4.69, 9.17) is 0 Å². The van der Waals surface area contributed by atoms with Gasteiger partial charge in [0.15, 0.2) is 0 Å². The van der Waals surface area contributed by atoms with Crippen LogP contribution in [0.5, 0.6) is 0 Å². The Bertz CT molecular complexity index is 634. The molecule has 0 saturated carbocycles. The number of carbonyl (C=O) groups is 2. The van der Waals surface area contributed by atoms with Crippen molar-refractivity contribution in [2.45, 2.75) is 117 Å². The topological polar surface area (TPSA) is 81.1 Å². The summed E-state index contributed by atoms with van der Waals surface area (Å²) in [5, 5.41) is 18.9. The molecule has 0 radical (unpaired) electrons. The molecule has 2 N–H and O–H groups in total. The Morgan fingerprint density at radius 1 is 0.528 bits per heavy atom. The van der Waals surface area contributed by atoms with Crippen LogP contribution in [0.15, 0.2) is 24.3 Å². The Kier molecular flexibility index (Phi) is 18.9. The number of hydrogen-bond donors (Lipinski definition) is 2. The van der Waals surface area contributed by atoms with Gasteiger partial charge in [0, 0.05) is 24.5 Å². The summed E-state index contributed by atoms with van der Waals surface area (Å²) in [7, 11) is 0. The minimum atomic E-state index is -0.521. The fourth-order valence-corrected chi connectivity index (χ4v) is 4.59. The van der Waals surface area contributed by atoms with Gasteiger partial charge in [0.1, 0.15) is 13.2 Å². The first-order valence-corrected chi connectivity index (χ1v) is 14.5. The van der Waals surface area contributed by atoms with Crippen molar-refractivity contribution in [2.24, 2.45) is 0 Å². The van der Waals surface area contributed by atoms with E-state index in [9.17, 15) is 19.8 Å². The van der Waals surface area contributed by atoms with Crippen molar-refractivity contribution in [2.75, 3.05) is 36.1 Å². The first-order chi connectivity index (χ1) is 17.6. The number of benzene rings is 1. The SMILES string of the molecule is CCCCCCCCCCN(C(=O)CO)c1ccc(N(CCCCCCCCCC)C(=O)CO)cc1. The van der Waals surface area contributed by atoms with E-state index >= 15 is 0 Å². The van der Waals surface area contributed by atoms with E-state index < -0.39 is 13.2 Å². The quantitative estimate of drug-likeness (QED) is 0.174. The molecular weight excluding hydrogens is 452 g/mol. The van der Waals surface area contributed by atoms with Crippen molar-refractivity contribution in [1.29, 1.82) is 0 Å². The van der Waals surface area contributed by atoms with Gasteiger partial charge in [-0.05, 0) is 37.1 Å². The van der Waals surface area contributed by atoms with Gasteiger partial charge in [-0.2, -0.15) is 0 Å². The molecule has 1 aromatic rings. The largest absolute Gasteiger partial charge is 0.387 e. The molecular formula is C30H52N2O4. The maximum atomic E-state index is 12.4. The van der Waals surface area contributed by atoms with Gasteiger partial charge in [0.2, 0.25) is 0 Å². The molecule has 0 aromatic heterocycles. The number of hydrogen-bond acceptors (Lipinski definition) is 4. The fourth-order valence-electron chi connectivity index (χ4n) is 4.59. The van der Waals surface area contributed by atoms with Crippen molar-refractivity contribution in [3.8, 4) is 0 Å². The van der Waals surface area contributed by atoms with Crippen LogP contribution in [0.4, 0.5) is 11.4 Å². The van der Waals surface area contributed by atoms with Crippen LogP contribution in [0, 0.1) is 0 Å². The monoisotopic (exact) mass is 504 g/mol. The Hall–Kier alpha value is -1.92. The third kappa shape index (κ3) is 13.4. The normalized spacial score (nSPS) is 11.0. The van der Waals surface area contributed by atoms with E-state index in [2.05, 4.69) is 13.8 Å². The summed E-state index contributed by atoms with van der Waals surface area (Å²) in [5.74, 6) is -0.624. The van der Waals surface area contributed by atoms with E-state index in [0.29, 0.717) is 13.1 Å². The second-order valence-corrected chi connectivity index (χ2v) is 9.87. The Morgan fingerprint density at radius 2 is 0.806 bits per heavy atom. The molecule has 0 aliphatic rings. The van der Waals surface area contributed by atoms with Crippen molar-refractivity contribution in [1.82, 2.24) is 0 Å². The summed E-state index contributed by atoms with van der Waals surface area (Å²) in [6.45, 7) is 4.55. The van der Waals surface area contributed by atoms with Crippen molar-refractivity contribution < 1.29 is 19.8 Å². The highest BCUT2D eigenvalue weighted by Crippen LogP contribution is 2.23. The smallest absolute Gasteiger partial charge is 0.252 e. The van der Waals surface area contributed by atoms with Crippen molar-refractivity contribution in [3.63, 3.8) is 0 Å². The highest BCUT2D eigenvalue weighted by atomic mass is 16.3. The standard InChI is InChI=1S/C30H52N2O4/c1-3-5-7-9-11-13-15-17-23-31(29(35)25-33)27-19-21-28(22-20-27)32(30(36)26-34)24-18-16-14-12-10-8-6-4-2/h19-22,33-34H,3-18,23-26H2,1-2H3. The minimum Gasteiger partial charge on any atom is -0.387 e. The average Bonchev–Trinajstić information content (AvgIpc) is 2.91. The first-order valence-electron chi connectivity index (χ1n) is 14.5. The van der Waals surface area contributed by atoms with Gasteiger partial charge in [0.05, 0.1) is 0 Å². The molecule has 0 aliphatic carbocycles. The highest BCUT2D eigenvalue weighted by molar-refractivity contribution is 5.96. The Morgan fingerprint density at radius 3 is 1.08 bits per heavy atom. The van der Waals surface area contributed by atoms with Gasteiger partial charge in [0.25, 0.3) is 11.8 Å². The second-order valence-electron chi connectivity index (χ2n) is 9.87. The number of carbonyl (C=O) groups excluding carboxylic acids is 2. The predicted octanol–water partition coefficient (Wildman–Crippen LogP) is 6.62. The van der Waals surface area contributed by atoms with Crippen LogP contribution in [0.3, 0.4) is 0 Å². The van der Waals surface area contributed by atoms with Crippen LogP contribution >= 0.6 is 0 Å². The van der Waals surface area contributed by atoms with Gasteiger partial charge in [-0.25, -0.2) is 0 Å². The molecule has 6 nitrogen and oxygen atoms in total. The molecule has 0 fully saturated rings. The lowest BCUT2D eigenvalue weighted by Crippen LogP contribution is -2.35. The zero-order valence-electron chi connectivity index (χ0n) is 23.1.